The summed E-state index contributed by atoms with van der Waals surface area (Å²) < 4.78 is 109. The number of nitrogens with zero attached hydrogens (tertiary/aromatic N) is 2. The normalized spacial score (nSPS) is 28.1. The Kier molecular flexibility index (Phi) is 3.79. The molecule has 0 unspecified atom stereocenters. The molecule has 0 aromatic heterocycles. The van der Waals surface area contributed by atoms with Gasteiger partial charge in [-0.1, -0.05) is 18.1 Å². The first kappa shape index (κ1) is 13.6. The molecule has 5 rings (SSSR count). The van der Waals surface area contributed by atoms with E-state index in [-0.39, 0.29) is 17.7 Å². The van der Waals surface area contributed by atoms with Gasteiger partial charge in [-0.25, -0.2) is 4.39 Å². The molecule has 34 heavy (non-hydrogen) atoms. The van der Waals surface area contributed by atoms with E-state index >= 15 is 4.39 Å². The van der Waals surface area contributed by atoms with Gasteiger partial charge in [0.05, 0.1) is 28.0 Å². The maximum atomic E-state index is 15.4. The topological polar surface area (TPSA) is 88.2 Å². The van der Waals surface area contributed by atoms with Gasteiger partial charge >= 0.3 is 0 Å². The van der Waals surface area contributed by atoms with Crippen LogP contribution in [0.1, 0.15) is 53.5 Å². The van der Waals surface area contributed by atoms with Gasteiger partial charge in [-0.2, -0.15) is 0 Å². The highest BCUT2D eigenvalue weighted by Crippen LogP contribution is 2.34. The minimum atomic E-state index is -3.23. The predicted molar refractivity (Wildman–Crippen MR) is 119 cm³/mol. The largest absolute Gasteiger partial charge is 0.488 e. The third-order valence-corrected chi connectivity index (χ3v) is 5.60. The van der Waals surface area contributed by atoms with E-state index in [0.29, 0.717) is 31.2 Å². The number of imide groups is 1. The minimum Gasteiger partial charge on any atom is -0.488 e. The Labute approximate surface area is 210 Å². The fraction of sp³-hybridized carbons (Fsp3) is 0.400. The van der Waals surface area contributed by atoms with Crippen molar-refractivity contribution in [2.24, 2.45) is 0 Å². The Morgan fingerprint density at radius 3 is 2.85 bits per heavy atom. The molecule has 1 atom stereocenters. The molecule has 2 saturated heterocycles. The number of halogens is 1. The van der Waals surface area contributed by atoms with Gasteiger partial charge in [0, 0.05) is 48.2 Å². The molecule has 3 heterocycles. The van der Waals surface area contributed by atoms with Gasteiger partial charge in [0.1, 0.15) is 24.2 Å². The molecule has 0 saturated carbocycles. The SMILES string of the molecule is [2H]c1c([2H])c(OCc2c([2H])c([2H])c(CN3CCOCC3)c([2H])c2F)c2c(c1[2H])C(=O)N([C@@H]1C(=O)NC(=O)C([2H])([2H])C1([2H])[2H])C2. The van der Waals surface area contributed by atoms with Crippen LogP contribution in [0.5, 0.6) is 5.75 Å². The van der Waals surface area contributed by atoms with Crippen molar-refractivity contribution < 1.29 is 42.0 Å². The van der Waals surface area contributed by atoms with Crippen molar-refractivity contribution in [3.05, 3.63) is 64.3 Å². The molecule has 2 fully saturated rings. The second-order valence-corrected chi connectivity index (χ2v) is 7.80. The molecule has 2 aromatic rings. The summed E-state index contributed by atoms with van der Waals surface area (Å²) in [6.45, 7) is 0.400. The quantitative estimate of drug-likeness (QED) is 0.641. The predicted octanol–water partition coefficient (Wildman–Crippen LogP) is 2.00. The molecule has 0 spiro atoms. The smallest absolute Gasteiger partial charge is 0.255 e. The van der Waals surface area contributed by atoms with Crippen molar-refractivity contribution >= 4 is 17.7 Å². The molecule has 3 amide bonds. The first-order valence-corrected chi connectivity index (χ1v) is 10.5. The van der Waals surface area contributed by atoms with Crippen LogP contribution in [0.2, 0.25) is 0 Å². The van der Waals surface area contributed by atoms with Gasteiger partial charge in [-0.3, -0.25) is 24.6 Å². The number of hydrogen-bond acceptors (Lipinski definition) is 6. The number of benzene rings is 2. The number of fused-ring (bicyclic) bond motifs is 1. The minimum absolute atomic E-state index is 0.00756. The molecule has 0 bridgehead atoms. The molecule has 2 aromatic carbocycles. The molecule has 9 heteroatoms. The van der Waals surface area contributed by atoms with Crippen molar-refractivity contribution in [1.82, 2.24) is 15.1 Å². The molecular weight excluding hydrogens is 441 g/mol. The average molecular weight is 478 g/mol. The van der Waals surface area contributed by atoms with Crippen LogP contribution in [-0.2, 0) is 34.0 Å². The van der Waals surface area contributed by atoms with Crippen molar-refractivity contribution in [2.45, 2.75) is 38.5 Å². The summed E-state index contributed by atoms with van der Waals surface area (Å²) in [5.74, 6) is -5.66. The first-order chi connectivity index (χ1) is 20.5. The number of rotatable bonds is 6. The number of morpholine rings is 1. The summed E-state index contributed by atoms with van der Waals surface area (Å²) in [7, 11) is 0. The van der Waals surface area contributed by atoms with Gasteiger partial charge in [0.15, 0.2) is 0 Å². The zero-order valence-corrected chi connectivity index (χ0v) is 17.8. The molecular formula is C25H26FN3O5. The van der Waals surface area contributed by atoms with E-state index in [1.54, 1.807) is 5.32 Å². The fourth-order valence-electron chi connectivity index (χ4n) is 3.85. The fourth-order valence-corrected chi connectivity index (χ4v) is 3.85. The Morgan fingerprint density at radius 1 is 1.21 bits per heavy atom. The monoisotopic (exact) mass is 477 g/mol. The van der Waals surface area contributed by atoms with Crippen LogP contribution in [0.4, 0.5) is 4.39 Å². The third kappa shape index (κ3) is 4.53. The Morgan fingerprint density at radius 2 is 2.03 bits per heavy atom. The number of ether oxygens (including phenoxy) is 2. The lowest BCUT2D eigenvalue weighted by Gasteiger charge is -2.29. The summed E-state index contributed by atoms with van der Waals surface area (Å²) >= 11 is 0. The summed E-state index contributed by atoms with van der Waals surface area (Å²) in [5, 5.41) is 1.71. The number of hydrogen-bond donors (Lipinski definition) is 1. The van der Waals surface area contributed by atoms with E-state index in [1.165, 1.54) is 0 Å². The zero-order chi connectivity index (χ0) is 32.5. The van der Waals surface area contributed by atoms with E-state index in [9.17, 15) is 14.4 Å². The zero-order valence-electron chi connectivity index (χ0n) is 27.8. The van der Waals surface area contributed by atoms with Gasteiger partial charge in [-0.05, 0) is 30.1 Å². The summed E-state index contributed by atoms with van der Waals surface area (Å²) in [6, 6.07) is -6.03. The number of nitrogens with one attached hydrogen (secondary N) is 1. The summed E-state index contributed by atoms with van der Waals surface area (Å²) in [5.41, 5.74) is -1.28. The molecule has 3 aliphatic heterocycles. The van der Waals surface area contributed by atoms with Crippen LogP contribution < -0.4 is 10.1 Å². The first-order valence-electron chi connectivity index (χ1n) is 15.5. The standard InChI is InChI=1S/C25H26FN3O5/c26-20-12-16(13-28-8-10-33-11-9-28)4-5-17(20)15-34-22-3-1-2-18-19(22)14-29(25(18)32)21-6-7-23(30)27-24(21)31/h1-5,12,21H,6-11,13-15H2,(H,27,30,31)/t21-/m0/s1/i1D,2D,3D,4D,5D,6D2,7D2,12D. The highest BCUT2D eigenvalue weighted by Gasteiger charge is 2.40. The van der Waals surface area contributed by atoms with Crippen molar-refractivity contribution in [3.8, 4) is 5.75 Å². The number of piperidine rings is 1. The van der Waals surface area contributed by atoms with Crippen LogP contribution in [0.15, 0.2) is 36.3 Å². The van der Waals surface area contributed by atoms with E-state index in [4.69, 9.17) is 23.2 Å². The highest BCUT2D eigenvalue weighted by molar-refractivity contribution is 6.05. The molecule has 0 radical (unpaired) electrons. The Balaban J connectivity index is 1.49. The van der Waals surface area contributed by atoms with E-state index in [2.05, 4.69) is 0 Å². The van der Waals surface area contributed by atoms with Crippen LogP contribution in [-0.4, -0.2) is 59.9 Å². The molecule has 1 N–H and O–H groups in total. The lowest BCUT2D eigenvalue weighted by molar-refractivity contribution is -0.136. The van der Waals surface area contributed by atoms with Crippen LogP contribution in [0.25, 0.3) is 0 Å². The van der Waals surface area contributed by atoms with Crippen LogP contribution >= 0.6 is 0 Å². The van der Waals surface area contributed by atoms with Crippen molar-refractivity contribution in [2.75, 3.05) is 26.3 Å². The summed E-state index contributed by atoms with van der Waals surface area (Å²) in [6.07, 6.45) is -6.45. The number of carbonyl (C=O) groups excluding carboxylic acids is 3. The highest BCUT2D eigenvalue weighted by atomic mass is 19.1. The second-order valence-electron chi connectivity index (χ2n) is 7.80. The van der Waals surface area contributed by atoms with Gasteiger partial charge in [0.2, 0.25) is 11.8 Å². The lowest BCUT2D eigenvalue weighted by Crippen LogP contribution is -2.52. The van der Waals surface area contributed by atoms with Gasteiger partial charge in [-0.15, -0.1) is 0 Å². The van der Waals surface area contributed by atoms with Gasteiger partial charge in [0.25, 0.3) is 5.91 Å². The second kappa shape index (κ2) is 9.52. The number of carbonyl (C=O) groups is 3. The Hall–Kier alpha value is -3.30. The van der Waals surface area contributed by atoms with Crippen molar-refractivity contribution in [1.29, 1.82) is 0 Å². The molecule has 3 aliphatic rings. The van der Waals surface area contributed by atoms with E-state index in [1.807, 2.05) is 4.90 Å². The summed E-state index contributed by atoms with van der Waals surface area (Å²) in [4.78, 5) is 40.6. The van der Waals surface area contributed by atoms with Crippen LogP contribution in [0.3, 0.4) is 0 Å². The molecule has 8 nitrogen and oxygen atoms in total. The third-order valence-electron chi connectivity index (χ3n) is 5.60. The van der Waals surface area contributed by atoms with Gasteiger partial charge < -0.3 is 14.4 Å². The molecule has 178 valence electrons. The maximum absolute atomic E-state index is 15.4. The number of amides is 3. The van der Waals surface area contributed by atoms with E-state index < -0.39 is 109 Å². The van der Waals surface area contributed by atoms with Crippen molar-refractivity contribution in [3.63, 3.8) is 0 Å². The average Bonchev–Trinajstić information content (AvgIpc) is 3.30. The molecule has 0 aliphatic carbocycles. The maximum Gasteiger partial charge on any atom is 0.255 e. The van der Waals surface area contributed by atoms with Crippen LogP contribution in [0, 0.1) is 5.82 Å². The Bertz CT molecular complexity index is 1570. The lowest BCUT2D eigenvalue weighted by atomic mass is 10.0. The van der Waals surface area contributed by atoms with E-state index in [0.717, 1.165) is 0 Å².